The lowest BCUT2D eigenvalue weighted by molar-refractivity contribution is 0.306. The number of hydrogen-bond acceptors (Lipinski definition) is 2. The molecule has 2 N–H and O–H groups in total. The Labute approximate surface area is 73.1 Å². The Bertz CT molecular complexity index is 304. The van der Waals surface area contributed by atoms with Crippen LogP contribution >= 0.6 is 0 Å². The summed E-state index contributed by atoms with van der Waals surface area (Å²) < 4.78 is 42.4. The Balaban J connectivity index is 2.88. The zero-order chi connectivity index (χ0) is 9.84. The van der Waals surface area contributed by atoms with Crippen molar-refractivity contribution in [1.29, 1.82) is 0 Å². The summed E-state index contributed by atoms with van der Waals surface area (Å²) in [6.07, 6.45) is 0. The monoisotopic (exact) mass is 191 g/mol. The Morgan fingerprint density at radius 3 is 2.31 bits per heavy atom. The molecule has 0 saturated heterocycles. The van der Waals surface area contributed by atoms with Gasteiger partial charge in [0.05, 0.1) is 0 Å². The molecule has 72 valence electrons. The Morgan fingerprint density at radius 2 is 1.69 bits per heavy atom. The van der Waals surface area contributed by atoms with Crippen molar-refractivity contribution in [2.45, 2.75) is 0 Å². The third-order valence-electron chi connectivity index (χ3n) is 1.35. The summed E-state index contributed by atoms with van der Waals surface area (Å²) in [5.74, 6) is -3.65. The molecule has 13 heavy (non-hydrogen) atoms. The minimum atomic E-state index is -1.24. The van der Waals surface area contributed by atoms with Crippen molar-refractivity contribution < 1.29 is 17.9 Å². The highest BCUT2D eigenvalue weighted by Gasteiger charge is 2.09. The maximum atomic E-state index is 12.8. The number of benzene rings is 1. The van der Waals surface area contributed by atoms with Crippen LogP contribution in [0.5, 0.6) is 5.75 Å². The fraction of sp³-hybridized carbons (Fsp3) is 0.250. The molecule has 0 radical (unpaired) electrons. The van der Waals surface area contributed by atoms with E-state index in [0.29, 0.717) is 12.1 Å². The zero-order valence-electron chi connectivity index (χ0n) is 6.69. The van der Waals surface area contributed by atoms with E-state index in [4.69, 9.17) is 10.5 Å². The molecule has 0 atom stereocenters. The van der Waals surface area contributed by atoms with E-state index in [1.165, 1.54) is 0 Å². The van der Waals surface area contributed by atoms with Crippen molar-refractivity contribution in [1.82, 2.24) is 0 Å². The van der Waals surface area contributed by atoms with E-state index in [0.717, 1.165) is 0 Å². The van der Waals surface area contributed by atoms with Crippen LogP contribution in [0.15, 0.2) is 12.1 Å². The third kappa shape index (κ3) is 2.35. The lowest BCUT2D eigenvalue weighted by Gasteiger charge is -2.05. The molecule has 0 aliphatic carbocycles. The van der Waals surface area contributed by atoms with E-state index in [9.17, 15) is 13.2 Å². The van der Waals surface area contributed by atoms with Gasteiger partial charge in [-0.3, -0.25) is 0 Å². The molecular formula is C8H8F3NO. The second kappa shape index (κ2) is 4.13. The SMILES string of the molecule is NCCOc1cc(F)c(F)cc1F. The van der Waals surface area contributed by atoms with Gasteiger partial charge in [-0.2, -0.15) is 0 Å². The first kappa shape index (κ1) is 9.85. The minimum absolute atomic E-state index is 0.0575. The molecule has 0 aliphatic heterocycles. The maximum Gasteiger partial charge on any atom is 0.168 e. The van der Waals surface area contributed by atoms with Crippen molar-refractivity contribution in [3.63, 3.8) is 0 Å². The van der Waals surface area contributed by atoms with Crippen LogP contribution in [0.2, 0.25) is 0 Å². The Morgan fingerprint density at radius 1 is 1.08 bits per heavy atom. The van der Waals surface area contributed by atoms with Crippen LogP contribution < -0.4 is 10.5 Å². The molecule has 1 aromatic carbocycles. The largest absolute Gasteiger partial charge is 0.489 e. The standard InChI is InChI=1S/C8H8F3NO/c9-5-3-7(11)8(4-6(5)10)13-2-1-12/h3-4H,1-2,12H2. The first-order valence-corrected chi connectivity index (χ1v) is 3.62. The molecule has 0 amide bonds. The molecule has 0 bridgehead atoms. The lowest BCUT2D eigenvalue weighted by Crippen LogP contribution is -2.11. The zero-order valence-corrected chi connectivity index (χ0v) is 6.69. The molecule has 0 aromatic heterocycles. The van der Waals surface area contributed by atoms with Gasteiger partial charge in [-0.25, -0.2) is 13.2 Å². The summed E-state index contributed by atoms with van der Waals surface area (Å²) in [6.45, 7) is 0.237. The second-order valence-corrected chi connectivity index (χ2v) is 2.33. The van der Waals surface area contributed by atoms with Crippen LogP contribution in [0.25, 0.3) is 0 Å². The molecule has 0 heterocycles. The van der Waals surface area contributed by atoms with E-state index < -0.39 is 17.5 Å². The molecule has 5 heteroatoms. The smallest absolute Gasteiger partial charge is 0.168 e. The molecule has 2 nitrogen and oxygen atoms in total. The predicted octanol–water partition coefficient (Wildman–Crippen LogP) is 1.44. The highest BCUT2D eigenvalue weighted by atomic mass is 19.2. The Hall–Kier alpha value is -1.23. The highest BCUT2D eigenvalue weighted by Crippen LogP contribution is 2.20. The number of ether oxygens (including phenoxy) is 1. The van der Waals surface area contributed by atoms with Crippen LogP contribution in [0.1, 0.15) is 0 Å². The van der Waals surface area contributed by atoms with Gasteiger partial charge in [0.2, 0.25) is 0 Å². The van der Waals surface area contributed by atoms with Crippen molar-refractivity contribution in [2.75, 3.05) is 13.2 Å². The summed E-state index contributed by atoms with van der Waals surface area (Å²) in [5.41, 5.74) is 5.08. The molecule has 1 rings (SSSR count). The van der Waals surface area contributed by atoms with Gasteiger partial charge in [0, 0.05) is 18.7 Å². The van der Waals surface area contributed by atoms with Crippen molar-refractivity contribution in [3.05, 3.63) is 29.6 Å². The van der Waals surface area contributed by atoms with Gasteiger partial charge in [0.15, 0.2) is 23.2 Å². The van der Waals surface area contributed by atoms with E-state index in [2.05, 4.69) is 0 Å². The lowest BCUT2D eigenvalue weighted by atomic mass is 10.3. The van der Waals surface area contributed by atoms with Crippen LogP contribution in [0.3, 0.4) is 0 Å². The van der Waals surface area contributed by atoms with Crippen LogP contribution in [0.4, 0.5) is 13.2 Å². The van der Waals surface area contributed by atoms with Gasteiger partial charge >= 0.3 is 0 Å². The number of hydrogen-bond donors (Lipinski definition) is 1. The molecule has 0 fully saturated rings. The quantitative estimate of drug-likeness (QED) is 0.733. The van der Waals surface area contributed by atoms with Gasteiger partial charge < -0.3 is 10.5 Å². The summed E-state index contributed by atoms with van der Waals surface area (Å²) in [7, 11) is 0. The first-order chi connectivity index (χ1) is 6.15. The fourth-order valence-corrected chi connectivity index (χ4v) is 0.784. The van der Waals surface area contributed by atoms with Gasteiger partial charge in [0.1, 0.15) is 6.61 Å². The first-order valence-electron chi connectivity index (χ1n) is 3.62. The van der Waals surface area contributed by atoms with E-state index in [-0.39, 0.29) is 18.9 Å². The van der Waals surface area contributed by atoms with Gasteiger partial charge in [0.25, 0.3) is 0 Å². The van der Waals surface area contributed by atoms with Gasteiger partial charge in [-0.1, -0.05) is 0 Å². The van der Waals surface area contributed by atoms with Crippen molar-refractivity contribution in [2.24, 2.45) is 5.73 Å². The fourth-order valence-electron chi connectivity index (χ4n) is 0.784. The number of nitrogens with two attached hydrogens (primary N) is 1. The predicted molar refractivity (Wildman–Crippen MR) is 40.9 cm³/mol. The van der Waals surface area contributed by atoms with Crippen molar-refractivity contribution in [3.8, 4) is 5.75 Å². The molecule has 0 saturated carbocycles. The molecular weight excluding hydrogens is 183 g/mol. The third-order valence-corrected chi connectivity index (χ3v) is 1.35. The minimum Gasteiger partial charge on any atom is -0.489 e. The molecule has 1 aromatic rings. The Kier molecular flexibility index (Phi) is 3.13. The normalized spacial score (nSPS) is 10.2. The van der Waals surface area contributed by atoms with Gasteiger partial charge in [-0.05, 0) is 0 Å². The molecule has 0 spiro atoms. The topological polar surface area (TPSA) is 35.2 Å². The maximum absolute atomic E-state index is 12.8. The highest BCUT2D eigenvalue weighted by molar-refractivity contribution is 5.25. The van der Waals surface area contributed by atoms with Crippen LogP contribution in [-0.4, -0.2) is 13.2 Å². The van der Waals surface area contributed by atoms with E-state index in [1.54, 1.807) is 0 Å². The summed E-state index contributed by atoms with van der Waals surface area (Å²) >= 11 is 0. The summed E-state index contributed by atoms with van der Waals surface area (Å²) in [5, 5.41) is 0. The van der Waals surface area contributed by atoms with Crippen LogP contribution in [-0.2, 0) is 0 Å². The second-order valence-electron chi connectivity index (χ2n) is 2.33. The van der Waals surface area contributed by atoms with Crippen LogP contribution in [0, 0.1) is 17.5 Å². The van der Waals surface area contributed by atoms with Crippen molar-refractivity contribution >= 4 is 0 Å². The summed E-state index contributed by atoms with van der Waals surface area (Å²) in [6, 6.07) is 1.08. The van der Waals surface area contributed by atoms with E-state index in [1.807, 2.05) is 0 Å². The van der Waals surface area contributed by atoms with Gasteiger partial charge in [-0.15, -0.1) is 0 Å². The number of rotatable bonds is 3. The average molecular weight is 191 g/mol. The molecule has 0 aliphatic rings. The number of halogens is 3. The summed E-state index contributed by atoms with van der Waals surface area (Å²) in [4.78, 5) is 0. The molecule has 0 unspecified atom stereocenters. The van der Waals surface area contributed by atoms with E-state index >= 15 is 0 Å². The average Bonchev–Trinajstić information content (AvgIpc) is 2.09.